The van der Waals surface area contributed by atoms with Crippen molar-refractivity contribution in [1.29, 1.82) is 0 Å². The molecule has 1 aromatic rings. The van der Waals surface area contributed by atoms with E-state index in [0.29, 0.717) is 11.4 Å². The number of ether oxygens (including phenoxy) is 1. The summed E-state index contributed by atoms with van der Waals surface area (Å²) in [5.41, 5.74) is 6.94. The van der Waals surface area contributed by atoms with Crippen molar-refractivity contribution in [1.82, 2.24) is 0 Å². The first-order chi connectivity index (χ1) is 8.22. The SMILES string of the molecule is CC(C)Oc1cc(NC(C)(C)C(C)O)ccc1N. The van der Waals surface area contributed by atoms with Gasteiger partial charge in [0, 0.05) is 11.8 Å². The summed E-state index contributed by atoms with van der Waals surface area (Å²) in [7, 11) is 0. The van der Waals surface area contributed by atoms with E-state index < -0.39 is 11.6 Å². The van der Waals surface area contributed by atoms with Crippen LogP contribution in [0.1, 0.15) is 34.6 Å². The van der Waals surface area contributed by atoms with E-state index in [2.05, 4.69) is 5.32 Å². The largest absolute Gasteiger partial charge is 0.489 e. The van der Waals surface area contributed by atoms with E-state index in [1.807, 2.05) is 39.8 Å². The molecule has 4 heteroatoms. The van der Waals surface area contributed by atoms with Gasteiger partial charge in [0.05, 0.1) is 23.4 Å². The lowest BCUT2D eigenvalue weighted by Gasteiger charge is -2.30. The molecular formula is C14H24N2O2. The average Bonchev–Trinajstić information content (AvgIpc) is 2.21. The molecule has 1 atom stereocenters. The van der Waals surface area contributed by atoms with Crippen molar-refractivity contribution in [2.75, 3.05) is 11.1 Å². The van der Waals surface area contributed by atoms with Crippen LogP contribution < -0.4 is 15.8 Å². The second kappa shape index (κ2) is 5.48. The van der Waals surface area contributed by atoms with Crippen molar-refractivity contribution in [2.45, 2.75) is 52.4 Å². The molecule has 0 fully saturated rings. The number of aliphatic hydroxyl groups is 1. The maximum atomic E-state index is 9.69. The number of anilines is 2. The van der Waals surface area contributed by atoms with Crippen molar-refractivity contribution in [3.63, 3.8) is 0 Å². The maximum absolute atomic E-state index is 9.69. The fraction of sp³-hybridized carbons (Fsp3) is 0.571. The van der Waals surface area contributed by atoms with Crippen LogP contribution in [0.2, 0.25) is 0 Å². The molecule has 1 rings (SSSR count). The molecule has 18 heavy (non-hydrogen) atoms. The Kier molecular flexibility index (Phi) is 4.46. The van der Waals surface area contributed by atoms with Gasteiger partial charge in [-0.15, -0.1) is 0 Å². The summed E-state index contributed by atoms with van der Waals surface area (Å²) in [5.74, 6) is 0.663. The highest BCUT2D eigenvalue weighted by Gasteiger charge is 2.23. The van der Waals surface area contributed by atoms with Crippen LogP contribution in [0.3, 0.4) is 0 Å². The number of hydrogen-bond acceptors (Lipinski definition) is 4. The lowest BCUT2D eigenvalue weighted by Crippen LogP contribution is -2.41. The van der Waals surface area contributed by atoms with E-state index in [9.17, 15) is 5.11 Å². The molecule has 0 spiro atoms. The van der Waals surface area contributed by atoms with Gasteiger partial charge >= 0.3 is 0 Å². The molecule has 102 valence electrons. The normalized spacial score (nSPS) is 13.5. The van der Waals surface area contributed by atoms with Gasteiger partial charge in [0.2, 0.25) is 0 Å². The van der Waals surface area contributed by atoms with E-state index in [1.165, 1.54) is 0 Å². The number of nitrogen functional groups attached to an aromatic ring is 1. The first-order valence-corrected chi connectivity index (χ1v) is 6.25. The molecular weight excluding hydrogens is 228 g/mol. The maximum Gasteiger partial charge on any atom is 0.144 e. The summed E-state index contributed by atoms with van der Waals surface area (Å²) < 4.78 is 5.63. The topological polar surface area (TPSA) is 67.5 Å². The standard InChI is InChI=1S/C14H24N2O2/c1-9(2)18-13-8-11(6-7-12(13)15)16-14(4,5)10(3)17/h6-10,16-17H,15H2,1-5H3. The van der Waals surface area contributed by atoms with Gasteiger partial charge in [0.1, 0.15) is 5.75 Å². The van der Waals surface area contributed by atoms with E-state index in [1.54, 1.807) is 13.0 Å². The highest BCUT2D eigenvalue weighted by Crippen LogP contribution is 2.28. The van der Waals surface area contributed by atoms with E-state index in [4.69, 9.17) is 10.5 Å². The third kappa shape index (κ3) is 3.81. The smallest absolute Gasteiger partial charge is 0.144 e. The van der Waals surface area contributed by atoms with Crippen LogP contribution in [-0.4, -0.2) is 22.9 Å². The third-order valence-electron chi connectivity index (χ3n) is 2.89. The van der Waals surface area contributed by atoms with Crippen LogP contribution in [0, 0.1) is 0 Å². The summed E-state index contributed by atoms with van der Waals surface area (Å²) in [6.45, 7) is 9.56. The van der Waals surface area contributed by atoms with Crippen molar-refractivity contribution in [3.05, 3.63) is 18.2 Å². The number of nitrogens with two attached hydrogens (primary N) is 1. The number of aliphatic hydroxyl groups excluding tert-OH is 1. The predicted octanol–water partition coefficient (Wildman–Crippen LogP) is 2.63. The van der Waals surface area contributed by atoms with Crippen molar-refractivity contribution in [3.8, 4) is 5.75 Å². The van der Waals surface area contributed by atoms with Crippen LogP contribution in [0.4, 0.5) is 11.4 Å². The molecule has 0 aliphatic carbocycles. The summed E-state index contributed by atoms with van der Waals surface area (Å²) in [4.78, 5) is 0. The second-order valence-electron chi connectivity index (χ2n) is 5.44. The van der Waals surface area contributed by atoms with Crippen LogP contribution >= 0.6 is 0 Å². The minimum Gasteiger partial charge on any atom is -0.489 e. The summed E-state index contributed by atoms with van der Waals surface area (Å²) >= 11 is 0. The highest BCUT2D eigenvalue weighted by molar-refractivity contribution is 5.62. The molecule has 4 nitrogen and oxygen atoms in total. The zero-order valence-electron chi connectivity index (χ0n) is 11.8. The molecule has 0 heterocycles. The number of benzene rings is 1. The first kappa shape index (κ1) is 14.6. The van der Waals surface area contributed by atoms with Gasteiger partial charge in [-0.1, -0.05) is 0 Å². The Labute approximate surface area is 109 Å². The quantitative estimate of drug-likeness (QED) is 0.705. The Bertz CT molecular complexity index is 401. The van der Waals surface area contributed by atoms with Gasteiger partial charge in [0.25, 0.3) is 0 Å². The van der Waals surface area contributed by atoms with Gasteiger partial charge in [-0.05, 0) is 46.8 Å². The molecule has 1 aromatic carbocycles. The molecule has 4 N–H and O–H groups in total. The highest BCUT2D eigenvalue weighted by atomic mass is 16.5. The minimum absolute atomic E-state index is 0.0762. The number of hydrogen-bond donors (Lipinski definition) is 3. The van der Waals surface area contributed by atoms with Crippen molar-refractivity contribution in [2.24, 2.45) is 0 Å². The van der Waals surface area contributed by atoms with Crippen molar-refractivity contribution >= 4 is 11.4 Å². The van der Waals surface area contributed by atoms with Gasteiger partial charge in [-0.2, -0.15) is 0 Å². The molecule has 0 saturated carbocycles. The van der Waals surface area contributed by atoms with Crippen LogP contribution in [-0.2, 0) is 0 Å². The van der Waals surface area contributed by atoms with E-state index in [0.717, 1.165) is 5.69 Å². The summed E-state index contributed by atoms with van der Waals surface area (Å²) in [5, 5.41) is 13.0. The first-order valence-electron chi connectivity index (χ1n) is 6.25. The fourth-order valence-corrected chi connectivity index (χ4v) is 1.44. The molecule has 0 radical (unpaired) electrons. The predicted molar refractivity (Wildman–Crippen MR) is 76.0 cm³/mol. The molecule has 0 saturated heterocycles. The Balaban J connectivity index is 2.91. The molecule has 1 unspecified atom stereocenters. The molecule has 0 aliphatic rings. The van der Waals surface area contributed by atoms with Gasteiger partial charge < -0.3 is 20.9 Å². The fourth-order valence-electron chi connectivity index (χ4n) is 1.44. The molecule has 0 aromatic heterocycles. The van der Waals surface area contributed by atoms with E-state index in [-0.39, 0.29) is 6.10 Å². The Hall–Kier alpha value is -1.42. The Morgan fingerprint density at radius 2 is 1.89 bits per heavy atom. The lowest BCUT2D eigenvalue weighted by molar-refractivity contribution is 0.133. The zero-order chi connectivity index (χ0) is 13.9. The van der Waals surface area contributed by atoms with Crippen LogP contribution in [0.5, 0.6) is 5.75 Å². The zero-order valence-corrected chi connectivity index (χ0v) is 11.8. The lowest BCUT2D eigenvalue weighted by atomic mass is 9.98. The Morgan fingerprint density at radius 3 is 2.39 bits per heavy atom. The van der Waals surface area contributed by atoms with Crippen molar-refractivity contribution < 1.29 is 9.84 Å². The van der Waals surface area contributed by atoms with Crippen LogP contribution in [0.25, 0.3) is 0 Å². The molecule has 0 aliphatic heterocycles. The monoisotopic (exact) mass is 252 g/mol. The second-order valence-corrected chi connectivity index (χ2v) is 5.44. The summed E-state index contributed by atoms with van der Waals surface area (Å²) in [6.07, 6.45) is -0.392. The molecule has 0 amide bonds. The van der Waals surface area contributed by atoms with Crippen LogP contribution in [0.15, 0.2) is 18.2 Å². The molecule has 0 bridgehead atoms. The number of rotatable bonds is 5. The number of nitrogens with one attached hydrogen (secondary N) is 1. The van der Waals surface area contributed by atoms with Gasteiger partial charge in [0.15, 0.2) is 0 Å². The van der Waals surface area contributed by atoms with Gasteiger partial charge in [-0.25, -0.2) is 0 Å². The van der Waals surface area contributed by atoms with E-state index >= 15 is 0 Å². The Morgan fingerprint density at radius 1 is 1.28 bits per heavy atom. The van der Waals surface area contributed by atoms with Gasteiger partial charge in [-0.3, -0.25) is 0 Å². The summed E-state index contributed by atoms with van der Waals surface area (Å²) in [6, 6.07) is 5.55. The minimum atomic E-state index is -0.468. The third-order valence-corrected chi connectivity index (χ3v) is 2.89. The average molecular weight is 252 g/mol.